The molecule has 0 radical (unpaired) electrons. The minimum atomic E-state index is -0.954. The summed E-state index contributed by atoms with van der Waals surface area (Å²) < 4.78 is 0. The zero-order valence-electron chi connectivity index (χ0n) is 12.6. The summed E-state index contributed by atoms with van der Waals surface area (Å²) >= 11 is 0. The molecule has 1 rings (SSSR count). The predicted octanol–water partition coefficient (Wildman–Crippen LogP) is 2.65. The summed E-state index contributed by atoms with van der Waals surface area (Å²) in [7, 11) is 0. The Morgan fingerprint density at radius 3 is 2.55 bits per heavy atom. The van der Waals surface area contributed by atoms with E-state index in [-0.39, 0.29) is 17.1 Å². The van der Waals surface area contributed by atoms with Crippen molar-refractivity contribution in [1.29, 1.82) is 0 Å². The van der Waals surface area contributed by atoms with Crippen molar-refractivity contribution in [2.24, 2.45) is 0 Å². The normalized spacial score (nSPS) is 13.1. The molecule has 1 unspecified atom stereocenters. The average Bonchev–Trinajstić information content (AvgIpc) is 2.33. The number of carbonyl (C=O) groups is 1. The lowest BCUT2D eigenvalue weighted by atomic mass is 9.91. The summed E-state index contributed by atoms with van der Waals surface area (Å²) in [6.45, 7) is 8.40. The number of aliphatic hydroxyl groups excluding tert-OH is 1. The smallest absolute Gasteiger partial charge is 0.335 e. The number of aliphatic hydroxyl groups is 1. The number of carboxylic acids is 1. The van der Waals surface area contributed by atoms with Crippen LogP contribution in [0.25, 0.3) is 0 Å². The molecule has 112 valence electrons. The quantitative estimate of drug-likeness (QED) is 0.698. The van der Waals surface area contributed by atoms with Gasteiger partial charge in [-0.25, -0.2) is 9.78 Å². The maximum atomic E-state index is 11.2. The van der Waals surface area contributed by atoms with Crippen molar-refractivity contribution in [1.82, 2.24) is 4.98 Å². The van der Waals surface area contributed by atoms with Gasteiger partial charge < -0.3 is 15.5 Å². The minimum Gasteiger partial charge on any atom is -0.478 e. The van der Waals surface area contributed by atoms with Crippen LogP contribution >= 0.6 is 0 Å². The third-order valence-electron chi connectivity index (χ3n) is 2.95. The maximum Gasteiger partial charge on any atom is 0.335 e. The largest absolute Gasteiger partial charge is 0.478 e. The predicted molar refractivity (Wildman–Crippen MR) is 79.3 cm³/mol. The molecule has 0 aliphatic heterocycles. The molecule has 0 fully saturated rings. The zero-order chi connectivity index (χ0) is 15.3. The molecule has 3 N–H and O–H groups in total. The first-order valence-corrected chi connectivity index (χ1v) is 6.88. The summed E-state index contributed by atoms with van der Waals surface area (Å²) in [5.41, 5.74) is 0.778. The lowest BCUT2D eigenvalue weighted by Gasteiger charge is -2.19. The van der Waals surface area contributed by atoms with Crippen molar-refractivity contribution >= 4 is 11.8 Å². The van der Waals surface area contributed by atoms with Crippen molar-refractivity contribution in [3.05, 3.63) is 23.4 Å². The molecule has 5 heteroatoms. The van der Waals surface area contributed by atoms with Gasteiger partial charge in [-0.05, 0) is 31.9 Å². The van der Waals surface area contributed by atoms with Crippen LogP contribution < -0.4 is 5.32 Å². The first kappa shape index (κ1) is 16.4. The fourth-order valence-electron chi connectivity index (χ4n) is 1.74. The Bertz CT molecular complexity index is 465. The van der Waals surface area contributed by atoms with Crippen LogP contribution in [-0.2, 0) is 5.41 Å². The molecular formula is C15H24N2O3. The van der Waals surface area contributed by atoms with Gasteiger partial charge in [-0.15, -0.1) is 0 Å². The summed E-state index contributed by atoms with van der Waals surface area (Å²) in [5, 5.41) is 21.5. The van der Waals surface area contributed by atoms with E-state index < -0.39 is 5.97 Å². The fourth-order valence-corrected chi connectivity index (χ4v) is 1.74. The van der Waals surface area contributed by atoms with Crippen LogP contribution in [-0.4, -0.2) is 33.8 Å². The average molecular weight is 280 g/mol. The van der Waals surface area contributed by atoms with Crippen molar-refractivity contribution in [3.63, 3.8) is 0 Å². The van der Waals surface area contributed by atoms with Crippen LogP contribution in [0, 0.1) is 0 Å². The van der Waals surface area contributed by atoms with Gasteiger partial charge >= 0.3 is 5.97 Å². The molecule has 1 aromatic rings. The Labute approximate surface area is 120 Å². The second kappa shape index (κ2) is 6.70. The van der Waals surface area contributed by atoms with E-state index in [9.17, 15) is 9.90 Å². The number of hydrogen-bond acceptors (Lipinski definition) is 4. The van der Waals surface area contributed by atoms with Crippen LogP contribution in [0.1, 0.15) is 56.6 Å². The van der Waals surface area contributed by atoms with Gasteiger partial charge in [-0.1, -0.05) is 20.8 Å². The lowest BCUT2D eigenvalue weighted by Crippen LogP contribution is -2.17. The third-order valence-corrected chi connectivity index (χ3v) is 2.95. The Hall–Kier alpha value is -1.62. The van der Waals surface area contributed by atoms with Crippen molar-refractivity contribution < 1.29 is 15.0 Å². The molecule has 1 aromatic heterocycles. The number of hydrogen-bond donors (Lipinski definition) is 3. The van der Waals surface area contributed by atoms with Crippen molar-refractivity contribution in [2.45, 2.75) is 52.1 Å². The van der Waals surface area contributed by atoms with E-state index in [4.69, 9.17) is 5.11 Å². The van der Waals surface area contributed by atoms with Crippen LogP contribution in [0.3, 0.4) is 0 Å². The molecule has 0 spiro atoms. The highest BCUT2D eigenvalue weighted by Gasteiger charge is 2.19. The molecule has 0 aromatic carbocycles. The summed E-state index contributed by atoms with van der Waals surface area (Å²) in [6, 6.07) is 3.16. The standard InChI is InChI=1S/C15H24N2O3/c1-10(18)6-5-7-16-13-9-11(14(19)20)8-12(17-13)15(2,3)4/h8-10,18H,5-7H2,1-4H3,(H,16,17)(H,19,20). The Balaban J connectivity index is 2.84. The van der Waals surface area contributed by atoms with Gasteiger partial charge in [0.2, 0.25) is 0 Å². The second-order valence-corrected chi connectivity index (χ2v) is 6.10. The molecule has 0 saturated carbocycles. The summed E-state index contributed by atoms with van der Waals surface area (Å²) in [4.78, 5) is 15.6. The molecule has 0 aliphatic carbocycles. The van der Waals surface area contributed by atoms with Gasteiger partial charge in [0.15, 0.2) is 0 Å². The lowest BCUT2D eigenvalue weighted by molar-refractivity contribution is 0.0696. The van der Waals surface area contributed by atoms with Gasteiger partial charge in [-0.2, -0.15) is 0 Å². The van der Waals surface area contributed by atoms with Gasteiger partial charge in [0, 0.05) is 17.7 Å². The van der Waals surface area contributed by atoms with Gasteiger partial charge in [-0.3, -0.25) is 0 Å². The summed E-state index contributed by atoms with van der Waals surface area (Å²) in [5.74, 6) is -0.384. The van der Waals surface area contributed by atoms with Crippen LogP contribution in [0.15, 0.2) is 12.1 Å². The molecule has 0 bridgehead atoms. The molecule has 5 nitrogen and oxygen atoms in total. The number of aromatic nitrogens is 1. The van der Waals surface area contributed by atoms with Gasteiger partial charge in [0.25, 0.3) is 0 Å². The highest BCUT2D eigenvalue weighted by atomic mass is 16.4. The van der Waals surface area contributed by atoms with E-state index in [2.05, 4.69) is 10.3 Å². The van der Waals surface area contributed by atoms with E-state index in [0.29, 0.717) is 18.8 Å². The molecule has 1 atom stereocenters. The van der Waals surface area contributed by atoms with Gasteiger partial charge in [0.05, 0.1) is 11.7 Å². The van der Waals surface area contributed by atoms with Gasteiger partial charge in [0.1, 0.15) is 5.82 Å². The maximum absolute atomic E-state index is 11.2. The molecule has 0 amide bonds. The van der Waals surface area contributed by atoms with Crippen LogP contribution in [0.5, 0.6) is 0 Å². The summed E-state index contributed by atoms with van der Waals surface area (Å²) in [6.07, 6.45) is 1.19. The number of carboxylic acid groups (broad SMARTS) is 1. The molecular weight excluding hydrogens is 256 g/mol. The van der Waals surface area contributed by atoms with E-state index in [1.807, 2.05) is 20.8 Å². The van der Waals surface area contributed by atoms with E-state index in [0.717, 1.165) is 12.1 Å². The minimum absolute atomic E-state index is 0.207. The van der Waals surface area contributed by atoms with E-state index in [1.165, 1.54) is 0 Å². The first-order valence-electron chi connectivity index (χ1n) is 6.88. The number of anilines is 1. The fraction of sp³-hybridized carbons (Fsp3) is 0.600. The number of pyridine rings is 1. The Morgan fingerprint density at radius 2 is 2.05 bits per heavy atom. The molecule has 1 heterocycles. The monoisotopic (exact) mass is 280 g/mol. The van der Waals surface area contributed by atoms with E-state index in [1.54, 1.807) is 19.1 Å². The van der Waals surface area contributed by atoms with Crippen LogP contribution in [0.4, 0.5) is 5.82 Å². The van der Waals surface area contributed by atoms with Crippen molar-refractivity contribution in [2.75, 3.05) is 11.9 Å². The topological polar surface area (TPSA) is 82.5 Å². The van der Waals surface area contributed by atoms with Crippen LogP contribution in [0.2, 0.25) is 0 Å². The van der Waals surface area contributed by atoms with Crippen molar-refractivity contribution in [3.8, 4) is 0 Å². The Morgan fingerprint density at radius 1 is 1.40 bits per heavy atom. The molecule has 20 heavy (non-hydrogen) atoms. The number of aromatic carboxylic acids is 1. The van der Waals surface area contributed by atoms with E-state index >= 15 is 0 Å². The number of nitrogens with zero attached hydrogens (tertiary/aromatic N) is 1. The third kappa shape index (κ3) is 5.17. The number of nitrogens with one attached hydrogen (secondary N) is 1. The zero-order valence-corrected chi connectivity index (χ0v) is 12.6. The first-order chi connectivity index (χ1) is 9.20. The Kier molecular flexibility index (Phi) is 5.51. The second-order valence-electron chi connectivity index (χ2n) is 6.10. The SMILES string of the molecule is CC(O)CCCNc1cc(C(=O)O)cc(C(C)(C)C)n1. The highest BCUT2D eigenvalue weighted by molar-refractivity contribution is 5.88. The molecule has 0 aliphatic rings. The molecule has 0 saturated heterocycles. The number of rotatable bonds is 6. The highest BCUT2D eigenvalue weighted by Crippen LogP contribution is 2.23.